The Hall–Kier alpha value is -15.5. The van der Waals surface area contributed by atoms with Gasteiger partial charge in [-0.15, -0.1) is 0 Å². The highest BCUT2D eigenvalue weighted by Crippen LogP contribution is 2.50. The molecule has 2 nitrogen and oxygen atoms in total. The average Bonchev–Trinajstić information content (AvgIpc) is 1.31. The standard InChI is InChI=1S/C60H37N.C56H35N/c1-2-15-40(16-3-1)58-52-21-8-9-22-53(52)59(54-31-29-43(37-56(54)58)49-23-12-17-38-13-4-6-18-48(38)49)44-26-25-41-34-46-36-47(30-27-42(46)33-45(41)35-44)61-57-24-11-10-20-51(57)55-32-28-39-14-5-7-19-50(39)60(55)61;1-3-13-36(14-4-1)41-27-29-50-52(35-41)54(38-16-5-2-6-17-38)48-20-9-10-21-49(48)55(50)42-24-23-39-32-44-34-45(28-25-40(44)31-43(39)33-42)57-53-22-12-11-19-47(53)51-30-26-37-15-7-8-18-46(37)56(51)57/h1-37H;1-35H. The predicted octanol–water partition coefficient (Wildman–Crippen LogP) is 32.3. The summed E-state index contributed by atoms with van der Waals surface area (Å²) in [7, 11) is 0. The van der Waals surface area contributed by atoms with Crippen molar-refractivity contribution in [2.45, 2.75) is 0 Å². The molecule has 0 aliphatic heterocycles. The van der Waals surface area contributed by atoms with Crippen molar-refractivity contribution >= 4 is 162 Å². The van der Waals surface area contributed by atoms with Crippen LogP contribution in [0.2, 0.25) is 0 Å². The van der Waals surface area contributed by atoms with E-state index in [1.165, 1.54) is 240 Å². The molecule has 0 unspecified atom stereocenters. The van der Waals surface area contributed by atoms with Crippen LogP contribution in [0.25, 0.3) is 240 Å². The molecule has 0 spiro atoms. The van der Waals surface area contributed by atoms with Gasteiger partial charge < -0.3 is 9.13 Å². The van der Waals surface area contributed by atoms with Gasteiger partial charge in [-0.05, 0) is 259 Å². The third kappa shape index (κ3) is 10.8. The SMILES string of the molecule is c1ccc(-c2c3ccccc3c(-c3ccc4cc5cc(-n6c7ccccc7c7ccc8ccccc8c76)ccc5cc4c3)c3ccc(-c4cccc5ccccc45)cc23)cc1.c1ccc(-c2ccc3c(-c4ccc5cc6cc(-n7c8ccccc8c8ccc9ccccc9c87)ccc6cc5c4)c4ccccc4c(-c4ccccc4)c3c2)cc1. The second-order valence-corrected chi connectivity index (χ2v) is 31.7. The second kappa shape index (κ2) is 27.1. The van der Waals surface area contributed by atoms with E-state index in [1.54, 1.807) is 0 Å². The summed E-state index contributed by atoms with van der Waals surface area (Å²) in [6.45, 7) is 0. The fourth-order valence-electron chi connectivity index (χ4n) is 19.8. The minimum absolute atomic E-state index is 1.17. The minimum atomic E-state index is 1.17. The van der Waals surface area contributed by atoms with E-state index in [1.807, 2.05) is 0 Å². The number of fused-ring (bicyclic) bond motifs is 19. The normalized spacial score (nSPS) is 11.9. The van der Waals surface area contributed by atoms with Gasteiger partial charge in [-0.2, -0.15) is 0 Å². The molecule has 2 heteroatoms. The maximum Gasteiger partial charge on any atom is 0.0619 e. The molecule has 118 heavy (non-hydrogen) atoms. The maximum atomic E-state index is 2.46. The Morgan fingerprint density at radius 2 is 0.432 bits per heavy atom. The van der Waals surface area contributed by atoms with E-state index in [4.69, 9.17) is 0 Å². The average molecular weight is 1490 g/mol. The number of nitrogens with zero attached hydrogens (tertiary/aromatic N) is 2. The monoisotopic (exact) mass is 1490 g/mol. The quantitative estimate of drug-likeness (QED) is 0.134. The first-order valence-electron chi connectivity index (χ1n) is 40.9. The smallest absolute Gasteiger partial charge is 0.0619 e. The van der Waals surface area contributed by atoms with Crippen molar-refractivity contribution in [1.29, 1.82) is 0 Å². The fraction of sp³-hybridized carbons (Fsp3) is 0. The molecule has 2 heterocycles. The van der Waals surface area contributed by atoms with E-state index in [-0.39, 0.29) is 0 Å². The molecule has 0 radical (unpaired) electrons. The Labute approximate surface area is 681 Å². The van der Waals surface area contributed by atoms with Gasteiger partial charge in [-0.25, -0.2) is 0 Å². The lowest BCUT2D eigenvalue weighted by Crippen LogP contribution is -1.94. The van der Waals surface area contributed by atoms with E-state index in [9.17, 15) is 0 Å². The number of hydrogen-bond donors (Lipinski definition) is 0. The van der Waals surface area contributed by atoms with E-state index in [0.29, 0.717) is 0 Å². The molecule has 0 amide bonds. The molecule has 0 fully saturated rings. The van der Waals surface area contributed by atoms with Crippen molar-refractivity contribution < 1.29 is 0 Å². The first-order chi connectivity index (χ1) is 58.5. The Balaban J connectivity index is 0.000000135. The number of benzene rings is 23. The molecule has 2 aromatic heterocycles. The van der Waals surface area contributed by atoms with Crippen LogP contribution >= 0.6 is 0 Å². The van der Waals surface area contributed by atoms with Gasteiger partial charge in [-0.1, -0.05) is 352 Å². The summed E-state index contributed by atoms with van der Waals surface area (Å²) < 4.78 is 4.92. The van der Waals surface area contributed by atoms with Crippen LogP contribution in [0.1, 0.15) is 0 Å². The number of hydrogen-bond acceptors (Lipinski definition) is 0. The zero-order valence-corrected chi connectivity index (χ0v) is 64.5. The van der Waals surface area contributed by atoms with E-state index < -0.39 is 0 Å². The molecular formula is C116H72N2. The Bertz CT molecular complexity index is 8470. The fourth-order valence-corrected chi connectivity index (χ4v) is 19.8. The van der Waals surface area contributed by atoms with Crippen molar-refractivity contribution in [3.8, 4) is 78.1 Å². The Kier molecular flexibility index (Phi) is 15.4. The molecule has 25 aromatic rings. The molecule has 0 saturated heterocycles. The Morgan fingerprint density at radius 1 is 0.127 bits per heavy atom. The van der Waals surface area contributed by atoms with Crippen molar-refractivity contribution in [3.63, 3.8) is 0 Å². The van der Waals surface area contributed by atoms with Gasteiger partial charge in [-0.3, -0.25) is 0 Å². The number of aromatic nitrogens is 2. The van der Waals surface area contributed by atoms with Gasteiger partial charge in [0.2, 0.25) is 0 Å². The topological polar surface area (TPSA) is 9.86 Å². The highest BCUT2D eigenvalue weighted by atomic mass is 15.0. The molecule has 0 atom stereocenters. The van der Waals surface area contributed by atoms with Crippen molar-refractivity contribution in [2.24, 2.45) is 0 Å². The van der Waals surface area contributed by atoms with E-state index in [0.717, 1.165) is 0 Å². The van der Waals surface area contributed by atoms with Crippen LogP contribution in [0.4, 0.5) is 0 Å². The minimum Gasteiger partial charge on any atom is -0.309 e. The van der Waals surface area contributed by atoms with Gasteiger partial charge in [0.25, 0.3) is 0 Å². The predicted molar refractivity (Wildman–Crippen MR) is 507 cm³/mol. The number of rotatable bonds is 8. The summed E-state index contributed by atoms with van der Waals surface area (Å²) in [4.78, 5) is 0. The molecule has 0 bridgehead atoms. The molecule has 23 aromatic carbocycles. The van der Waals surface area contributed by atoms with Gasteiger partial charge in [0.15, 0.2) is 0 Å². The van der Waals surface area contributed by atoms with Crippen LogP contribution < -0.4 is 0 Å². The maximum absolute atomic E-state index is 2.46. The van der Waals surface area contributed by atoms with Crippen LogP contribution in [0.5, 0.6) is 0 Å². The summed E-state index contributed by atoms with van der Waals surface area (Å²) in [5.74, 6) is 0. The summed E-state index contributed by atoms with van der Waals surface area (Å²) in [5.41, 5.74) is 22.2. The largest absolute Gasteiger partial charge is 0.309 e. The molecule has 0 aliphatic carbocycles. The van der Waals surface area contributed by atoms with Gasteiger partial charge in [0, 0.05) is 43.7 Å². The lowest BCUT2D eigenvalue weighted by Gasteiger charge is -2.19. The van der Waals surface area contributed by atoms with Gasteiger partial charge in [0.1, 0.15) is 0 Å². The van der Waals surface area contributed by atoms with E-state index >= 15 is 0 Å². The molecule has 0 saturated carbocycles. The van der Waals surface area contributed by atoms with Crippen LogP contribution in [-0.2, 0) is 0 Å². The molecular weight excluding hydrogens is 1420 g/mol. The first-order valence-corrected chi connectivity index (χ1v) is 40.9. The molecule has 25 rings (SSSR count). The third-order valence-corrected chi connectivity index (χ3v) is 25.2. The van der Waals surface area contributed by atoms with Crippen LogP contribution in [0.15, 0.2) is 437 Å². The van der Waals surface area contributed by atoms with Crippen molar-refractivity contribution in [3.05, 3.63) is 437 Å². The highest BCUT2D eigenvalue weighted by Gasteiger charge is 2.24. The highest BCUT2D eigenvalue weighted by molar-refractivity contribution is 6.26. The summed E-state index contributed by atoms with van der Waals surface area (Å²) in [6.07, 6.45) is 0. The van der Waals surface area contributed by atoms with Crippen LogP contribution in [-0.4, -0.2) is 9.13 Å². The van der Waals surface area contributed by atoms with Crippen LogP contribution in [0.3, 0.4) is 0 Å². The third-order valence-electron chi connectivity index (χ3n) is 25.2. The van der Waals surface area contributed by atoms with E-state index in [2.05, 4.69) is 446 Å². The van der Waals surface area contributed by atoms with Crippen molar-refractivity contribution in [2.75, 3.05) is 0 Å². The first kappa shape index (κ1) is 67.1. The zero-order valence-electron chi connectivity index (χ0n) is 64.5. The molecule has 0 N–H and O–H groups in total. The Morgan fingerprint density at radius 3 is 0.890 bits per heavy atom. The lowest BCUT2D eigenvalue weighted by molar-refractivity contribution is 1.19. The van der Waals surface area contributed by atoms with Crippen LogP contribution in [0, 0.1) is 0 Å². The van der Waals surface area contributed by atoms with Gasteiger partial charge >= 0.3 is 0 Å². The lowest BCUT2D eigenvalue weighted by atomic mass is 9.84. The zero-order chi connectivity index (χ0) is 77.5. The molecule has 0 aliphatic rings. The summed E-state index contributed by atoms with van der Waals surface area (Å²) >= 11 is 0. The van der Waals surface area contributed by atoms with Gasteiger partial charge in [0.05, 0.1) is 22.1 Å². The second-order valence-electron chi connectivity index (χ2n) is 31.7. The summed E-state index contributed by atoms with van der Waals surface area (Å²) in [5, 5.41) is 32.6. The summed E-state index contributed by atoms with van der Waals surface area (Å²) in [6, 6.07) is 162. The van der Waals surface area contributed by atoms with Crippen molar-refractivity contribution in [1.82, 2.24) is 9.13 Å². The molecule has 546 valence electrons. The number of para-hydroxylation sites is 2.